The lowest BCUT2D eigenvalue weighted by Gasteiger charge is -2.08. The Kier molecular flexibility index (Phi) is 1.81. The third-order valence-corrected chi connectivity index (χ3v) is 1.83. The number of carbonyl (C=O) groups is 3. The zero-order valence-corrected chi connectivity index (χ0v) is 7.02. The molecular formula is C8H6N2O4. The summed E-state index contributed by atoms with van der Waals surface area (Å²) in [6, 6.07) is 0.921. The Morgan fingerprint density at radius 3 is 2.64 bits per heavy atom. The summed E-state index contributed by atoms with van der Waals surface area (Å²) in [5, 5.41) is 1.90. The number of carbonyl (C=O) groups excluding carboxylic acids is 3. The molecule has 0 aromatic carbocycles. The first-order valence-electron chi connectivity index (χ1n) is 3.86. The molecule has 0 bridgehead atoms. The van der Waals surface area contributed by atoms with E-state index in [1.54, 1.807) is 6.07 Å². The van der Waals surface area contributed by atoms with Crippen molar-refractivity contribution in [3.63, 3.8) is 0 Å². The maximum Gasteiger partial charge on any atom is 0.331 e. The van der Waals surface area contributed by atoms with Crippen LogP contribution in [0.1, 0.15) is 5.56 Å². The van der Waals surface area contributed by atoms with Crippen LogP contribution in [0.4, 0.5) is 4.79 Å². The molecule has 0 aliphatic carbocycles. The highest BCUT2D eigenvalue weighted by Gasteiger charge is 2.36. The van der Waals surface area contributed by atoms with Crippen LogP contribution < -0.4 is 5.32 Å². The molecule has 1 aliphatic rings. The average molecular weight is 194 g/mol. The molecule has 0 unspecified atom stereocenters. The lowest BCUT2D eigenvalue weighted by molar-refractivity contribution is -0.140. The molecule has 0 radical (unpaired) electrons. The van der Waals surface area contributed by atoms with Crippen LogP contribution in [0.3, 0.4) is 0 Å². The van der Waals surface area contributed by atoms with Gasteiger partial charge < -0.3 is 4.42 Å². The van der Waals surface area contributed by atoms with Crippen LogP contribution in [0.15, 0.2) is 23.0 Å². The van der Waals surface area contributed by atoms with Gasteiger partial charge in [-0.1, -0.05) is 0 Å². The van der Waals surface area contributed by atoms with Crippen LogP contribution in [-0.4, -0.2) is 22.7 Å². The van der Waals surface area contributed by atoms with Crippen LogP contribution in [-0.2, 0) is 16.1 Å². The summed E-state index contributed by atoms with van der Waals surface area (Å²) >= 11 is 0. The van der Waals surface area contributed by atoms with Crippen molar-refractivity contribution in [3.8, 4) is 0 Å². The summed E-state index contributed by atoms with van der Waals surface area (Å²) < 4.78 is 4.77. The third kappa shape index (κ3) is 1.26. The van der Waals surface area contributed by atoms with Crippen molar-refractivity contribution in [2.75, 3.05) is 0 Å². The fraction of sp³-hybridized carbons (Fsp3) is 0.125. The number of nitrogens with one attached hydrogen (secondary N) is 1. The van der Waals surface area contributed by atoms with Gasteiger partial charge in [0.05, 0.1) is 19.1 Å². The largest absolute Gasteiger partial charge is 0.472 e. The molecule has 1 aromatic rings. The van der Waals surface area contributed by atoms with Crippen molar-refractivity contribution in [2.24, 2.45) is 0 Å². The summed E-state index contributed by atoms with van der Waals surface area (Å²) in [5.74, 6) is -1.73. The van der Waals surface area contributed by atoms with Crippen LogP contribution >= 0.6 is 0 Å². The van der Waals surface area contributed by atoms with Gasteiger partial charge in [-0.3, -0.25) is 19.8 Å². The van der Waals surface area contributed by atoms with Gasteiger partial charge in [0.15, 0.2) is 0 Å². The summed E-state index contributed by atoms with van der Waals surface area (Å²) in [4.78, 5) is 33.8. The molecule has 1 saturated heterocycles. The first-order chi connectivity index (χ1) is 6.68. The van der Waals surface area contributed by atoms with Crippen molar-refractivity contribution >= 4 is 17.8 Å². The van der Waals surface area contributed by atoms with E-state index < -0.39 is 17.8 Å². The molecular weight excluding hydrogens is 188 g/mol. The number of hydrogen-bond acceptors (Lipinski definition) is 4. The fourth-order valence-electron chi connectivity index (χ4n) is 1.14. The number of hydrogen-bond donors (Lipinski definition) is 1. The van der Waals surface area contributed by atoms with Gasteiger partial charge in [0.2, 0.25) is 0 Å². The molecule has 2 heterocycles. The van der Waals surface area contributed by atoms with E-state index in [-0.39, 0.29) is 6.54 Å². The minimum absolute atomic E-state index is 0.0485. The minimum atomic E-state index is -0.890. The van der Waals surface area contributed by atoms with Crippen LogP contribution in [0.5, 0.6) is 0 Å². The van der Waals surface area contributed by atoms with Gasteiger partial charge >= 0.3 is 17.8 Å². The molecule has 6 heteroatoms. The van der Waals surface area contributed by atoms with Crippen molar-refractivity contribution in [1.82, 2.24) is 10.2 Å². The van der Waals surface area contributed by atoms with Gasteiger partial charge in [-0.25, -0.2) is 4.79 Å². The highest BCUT2D eigenvalue weighted by molar-refractivity contribution is 6.44. The van der Waals surface area contributed by atoms with Crippen LogP contribution in [0.25, 0.3) is 0 Å². The normalized spacial score (nSPS) is 16.3. The molecule has 1 fully saturated rings. The second-order valence-corrected chi connectivity index (χ2v) is 2.78. The van der Waals surface area contributed by atoms with Crippen molar-refractivity contribution < 1.29 is 18.8 Å². The molecule has 0 atom stereocenters. The van der Waals surface area contributed by atoms with Gasteiger partial charge in [-0.2, -0.15) is 0 Å². The highest BCUT2D eigenvalue weighted by Crippen LogP contribution is 2.09. The van der Waals surface area contributed by atoms with Gasteiger partial charge in [0.25, 0.3) is 0 Å². The second kappa shape index (κ2) is 2.99. The zero-order chi connectivity index (χ0) is 10.1. The Labute approximate surface area is 78.5 Å². The quantitative estimate of drug-likeness (QED) is 0.524. The lowest BCUT2D eigenvalue weighted by atomic mass is 10.3. The molecule has 72 valence electrons. The SMILES string of the molecule is O=C1NC(=O)N(Cc2ccoc2)C1=O. The molecule has 1 aromatic heterocycles. The molecule has 0 spiro atoms. The first kappa shape index (κ1) is 8.49. The van der Waals surface area contributed by atoms with Gasteiger partial charge in [0.1, 0.15) is 0 Å². The van der Waals surface area contributed by atoms with Crippen LogP contribution in [0, 0.1) is 0 Å². The van der Waals surface area contributed by atoms with Crippen molar-refractivity contribution in [3.05, 3.63) is 24.2 Å². The van der Waals surface area contributed by atoms with E-state index >= 15 is 0 Å². The molecule has 6 nitrogen and oxygen atoms in total. The predicted molar refractivity (Wildman–Crippen MR) is 42.8 cm³/mol. The summed E-state index contributed by atoms with van der Waals surface area (Å²) in [6.45, 7) is 0.0485. The number of nitrogens with zero attached hydrogens (tertiary/aromatic N) is 1. The summed E-state index contributed by atoms with van der Waals surface area (Å²) in [7, 11) is 0. The Morgan fingerprint density at radius 2 is 2.14 bits per heavy atom. The second-order valence-electron chi connectivity index (χ2n) is 2.78. The van der Waals surface area contributed by atoms with E-state index in [1.165, 1.54) is 12.5 Å². The molecule has 1 aliphatic heterocycles. The molecule has 14 heavy (non-hydrogen) atoms. The smallest absolute Gasteiger partial charge is 0.331 e. The van der Waals surface area contributed by atoms with Crippen LogP contribution in [0.2, 0.25) is 0 Å². The minimum Gasteiger partial charge on any atom is -0.472 e. The van der Waals surface area contributed by atoms with Crippen molar-refractivity contribution in [2.45, 2.75) is 6.54 Å². The number of furan rings is 1. The van der Waals surface area contributed by atoms with Crippen molar-refractivity contribution in [1.29, 1.82) is 0 Å². The van der Waals surface area contributed by atoms with Gasteiger partial charge in [-0.05, 0) is 6.07 Å². The number of amides is 4. The Bertz CT molecular complexity index is 395. The topological polar surface area (TPSA) is 79.6 Å². The molecule has 1 N–H and O–H groups in total. The molecule has 0 saturated carbocycles. The maximum absolute atomic E-state index is 11.1. The summed E-state index contributed by atoms with van der Waals surface area (Å²) in [6.07, 6.45) is 2.83. The van der Waals surface area contributed by atoms with Gasteiger partial charge in [0, 0.05) is 5.56 Å². The number of urea groups is 1. The van der Waals surface area contributed by atoms with E-state index in [4.69, 9.17) is 4.42 Å². The standard InChI is InChI=1S/C8H6N2O4/c11-6-7(12)10(8(13)9-6)3-5-1-2-14-4-5/h1-2,4H,3H2,(H,9,11,13). The van der Waals surface area contributed by atoms with E-state index in [1.807, 2.05) is 5.32 Å². The van der Waals surface area contributed by atoms with E-state index in [9.17, 15) is 14.4 Å². The first-order valence-corrected chi connectivity index (χ1v) is 3.86. The monoisotopic (exact) mass is 194 g/mol. The zero-order valence-electron chi connectivity index (χ0n) is 7.02. The van der Waals surface area contributed by atoms with E-state index in [0.717, 1.165) is 4.90 Å². The number of rotatable bonds is 2. The number of imide groups is 2. The fourth-order valence-corrected chi connectivity index (χ4v) is 1.14. The van der Waals surface area contributed by atoms with E-state index in [2.05, 4.69) is 0 Å². The lowest BCUT2D eigenvalue weighted by Crippen LogP contribution is -2.30. The Hall–Kier alpha value is -2.11. The molecule has 4 amide bonds. The maximum atomic E-state index is 11.1. The summed E-state index contributed by atoms with van der Waals surface area (Å²) in [5.41, 5.74) is 0.656. The predicted octanol–water partition coefficient (Wildman–Crippen LogP) is -0.142. The Morgan fingerprint density at radius 1 is 1.36 bits per heavy atom. The highest BCUT2D eigenvalue weighted by atomic mass is 16.3. The third-order valence-electron chi connectivity index (χ3n) is 1.83. The van der Waals surface area contributed by atoms with Gasteiger partial charge in [-0.15, -0.1) is 0 Å². The van der Waals surface area contributed by atoms with E-state index in [0.29, 0.717) is 5.56 Å². The Balaban J connectivity index is 2.16. The molecule has 2 rings (SSSR count). The average Bonchev–Trinajstić information content (AvgIpc) is 2.71.